The number of thiazole rings is 1. The maximum absolute atomic E-state index is 13.8. The van der Waals surface area contributed by atoms with Gasteiger partial charge < -0.3 is 53.9 Å². The Balaban J connectivity index is 0.650. The number of likely N-dealkylation sites (N-methyl/N-ethyl adjacent to an activating group) is 2. The van der Waals surface area contributed by atoms with Crippen molar-refractivity contribution in [1.82, 2.24) is 44.9 Å². The van der Waals surface area contributed by atoms with E-state index in [1.54, 1.807) is 46.5 Å². The number of urea groups is 1. The number of piperazine rings is 1. The molecule has 7 rings (SSSR count). The highest BCUT2D eigenvalue weighted by Crippen LogP contribution is 2.37. The molecule has 2 saturated carbocycles. The third-order valence-electron chi connectivity index (χ3n) is 14.6. The van der Waals surface area contributed by atoms with Gasteiger partial charge in [-0.1, -0.05) is 61.6 Å². The highest BCUT2D eigenvalue weighted by atomic mass is 32.1. The van der Waals surface area contributed by atoms with Crippen LogP contribution in [0.15, 0.2) is 97.1 Å². The van der Waals surface area contributed by atoms with Crippen molar-refractivity contribution >= 4 is 45.9 Å². The lowest BCUT2D eigenvalue weighted by Gasteiger charge is -2.35. The molecule has 440 valence electrons. The number of carbonyl (C=O) groups excluding carboxylic acids is 4. The second-order valence-corrected chi connectivity index (χ2v) is 21.8. The Kier molecular flexibility index (Phi) is 26.1. The number of rotatable bonds is 37. The molecule has 5 amide bonds. The lowest BCUT2D eigenvalue weighted by Crippen LogP contribution is -2.54. The molecule has 1 atom stereocenters. The molecule has 3 aliphatic rings. The minimum Gasteiger partial charge on any atom is -0.494 e. The molecule has 1 saturated heterocycles. The summed E-state index contributed by atoms with van der Waals surface area (Å²) in [6, 6.07) is 14.4. The second-order valence-electron chi connectivity index (χ2n) is 20.9. The first-order chi connectivity index (χ1) is 39.5. The molecule has 0 bridgehead atoms. The van der Waals surface area contributed by atoms with Gasteiger partial charge in [0.1, 0.15) is 24.1 Å². The van der Waals surface area contributed by atoms with Crippen molar-refractivity contribution in [3.63, 3.8) is 0 Å². The molecule has 2 aromatic heterocycles. The van der Waals surface area contributed by atoms with E-state index in [0.29, 0.717) is 121 Å². The molecule has 3 fully saturated rings. The van der Waals surface area contributed by atoms with Crippen LogP contribution in [0.3, 0.4) is 0 Å². The first kappa shape index (κ1) is 62.1. The van der Waals surface area contributed by atoms with E-state index < -0.39 is 12.1 Å². The number of unbranched alkanes of at least 4 members (excludes halogenated alkanes) is 1. The Hall–Kier alpha value is -6.49. The standard InChI is InChI=1S/C60H85N11O9S/c1-5-11-46(6-2)43-61-58(74)57(48-12-7-8-13-48)71(52-19-20-52)55(72)25-16-47-14-21-53(22-15-47)79-34-10-9-27-67(3)32-36-77-39-38-76-35-26-50-44-70(66-65-50)33-37-78-40-41-80-54-23-17-49(18-24-54)62-59(75)64-60-63-51(45-81-60)42-56(73)69-30-28-68(4)29-31-69/h5-6,11,14-15,17-18,21-24,44-45,48,52,57H,1-2,7-10,12-13,16,19-20,25-43H2,3-4H3,(H,61,74)(H2,62,63,64,75)/b46-11+. The van der Waals surface area contributed by atoms with Crippen molar-refractivity contribution in [2.24, 2.45) is 5.92 Å². The summed E-state index contributed by atoms with van der Waals surface area (Å²) in [5, 5.41) is 19.3. The van der Waals surface area contributed by atoms with Crippen LogP contribution in [0.25, 0.3) is 0 Å². The van der Waals surface area contributed by atoms with Crippen LogP contribution in [0.2, 0.25) is 0 Å². The van der Waals surface area contributed by atoms with Gasteiger partial charge in [-0.2, -0.15) is 0 Å². The summed E-state index contributed by atoms with van der Waals surface area (Å²) < 4.78 is 30.9. The monoisotopic (exact) mass is 1140 g/mol. The summed E-state index contributed by atoms with van der Waals surface area (Å²) in [7, 11) is 4.15. The number of benzene rings is 2. The molecule has 20 nitrogen and oxygen atoms in total. The molecule has 21 heteroatoms. The quantitative estimate of drug-likeness (QED) is 0.0306. The first-order valence-electron chi connectivity index (χ1n) is 28.8. The van der Waals surface area contributed by atoms with Gasteiger partial charge in [0.15, 0.2) is 5.13 Å². The van der Waals surface area contributed by atoms with Crippen molar-refractivity contribution < 1.29 is 42.9 Å². The Morgan fingerprint density at radius 3 is 2.22 bits per heavy atom. The molecular formula is C60H85N11O9S. The van der Waals surface area contributed by atoms with Gasteiger partial charge in [-0.3, -0.25) is 19.7 Å². The van der Waals surface area contributed by atoms with E-state index >= 15 is 0 Å². The fraction of sp³-hybridized carbons (Fsp3) is 0.550. The van der Waals surface area contributed by atoms with Crippen molar-refractivity contribution in [1.29, 1.82) is 0 Å². The van der Waals surface area contributed by atoms with Crippen LogP contribution in [0.5, 0.6) is 11.5 Å². The topological polar surface area (TPSA) is 207 Å². The van der Waals surface area contributed by atoms with E-state index in [9.17, 15) is 19.2 Å². The lowest BCUT2D eigenvalue weighted by atomic mass is 9.94. The Morgan fingerprint density at radius 1 is 0.790 bits per heavy atom. The van der Waals surface area contributed by atoms with E-state index in [4.69, 9.17) is 23.7 Å². The molecule has 81 heavy (non-hydrogen) atoms. The van der Waals surface area contributed by atoms with Gasteiger partial charge >= 0.3 is 6.03 Å². The molecule has 3 N–H and O–H groups in total. The molecule has 1 aliphatic heterocycles. The van der Waals surface area contributed by atoms with Gasteiger partial charge in [-0.25, -0.2) is 14.5 Å². The SMILES string of the molecule is C=C/C=C(\C=C)CNC(=O)C(C1CCCC1)N(C(=O)CCc1ccc(OCCCCN(C)CCOCCOCCc2cn(CCOCCOc3ccc(NC(=O)Nc4nc(CC(=O)N5CCN(C)CC5)cs4)cc3)nn2)cc1)C1CC1. The minimum absolute atomic E-state index is 0.0482. The maximum atomic E-state index is 13.8. The van der Waals surface area contributed by atoms with Gasteiger partial charge in [0, 0.05) is 75.4 Å². The molecule has 0 radical (unpaired) electrons. The summed E-state index contributed by atoms with van der Waals surface area (Å²) in [6.45, 7) is 17.5. The number of hydrogen-bond acceptors (Lipinski definition) is 15. The molecule has 2 aliphatic carbocycles. The van der Waals surface area contributed by atoms with Crippen molar-refractivity contribution in [2.45, 2.75) is 95.7 Å². The van der Waals surface area contributed by atoms with Crippen molar-refractivity contribution in [3.8, 4) is 11.5 Å². The predicted molar refractivity (Wildman–Crippen MR) is 315 cm³/mol. The number of anilines is 2. The van der Waals surface area contributed by atoms with E-state index in [-0.39, 0.29) is 36.1 Å². The van der Waals surface area contributed by atoms with Crippen LogP contribution in [0.4, 0.5) is 15.6 Å². The number of allylic oxidation sites excluding steroid dienone is 2. The van der Waals surface area contributed by atoms with E-state index in [0.717, 1.165) is 100 Å². The molecule has 0 spiro atoms. The highest BCUT2D eigenvalue weighted by Gasteiger charge is 2.44. The smallest absolute Gasteiger partial charge is 0.325 e. The zero-order valence-electron chi connectivity index (χ0n) is 47.6. The van der Waals surface area contributed by atoms with Crippen LogP contribution in [-0.2, 0) is 54.4 Å². The average Bonchev–Trinajstić information content (AvgIpc) is 3.76. The Bertz CT molecular complexity index is 2590. The molecule has 1 unspecified atom stereocenters. The number of nitrogens with one attached hydrogen (secondary N) is 3. The molecule has 2 aromatic carbocycles. The molecule has 4 aromatic rings. The van der Waals surface area contributed by atoms with Crippen molar-refractivity contribution in [3.05, 3.63) is 114 Å². The van der Waals surface area contributed by atoms with Crippen LogP contribution < -0.4 is 25.4 Å². The summed E-state index contributed by atoms with van der Waals surface area (Å²) >= 11 is 1.28. The second kappa shape index (κ2) is 34.1. The maximum Gasteiger partial charge on any atom is 0.325 e. The van der Waals surface area contributed by atoms with E-state index in [1.807, 2.05) is 46.3 Å². The van der Waals surface area contributed by atoms with Crippen LogP contribution in [-0.4, -0.2) is 188 Å². The lowest BCUT2D eigenvalue weighted by molar-refractivity contribution is -0.143. The normalized spacial score (nSPS) is 15.3. The van der Waals surface area contributed by atoms with Crippen LogP contribution in [0.1, 0.15) is 74.7 Å². The zero-order chi connectivity index (χ0) is 57.0. The number of aryl methyl sites for hydroxylation is 1. The van der Waals surface area contributed by atoms with Crippen molar-refractivity contribution in [2.75, 3.05) is 123 Å². The van der Waals surface area contributed by atoms with Gasteiger partial charge in [0.2, 0.25) is 17.7 Å². The minimum atomic E-state index is -0.433. The van der Waals surface area contributed by atoms with Crippen LogP contribution in [0, 0.1) is 5.92 Å². The van der Waals surface area contributed by atoms with Gasteiger partial charge in [0.25, 0.3) is 0 Å². The number of aromatic nitrogens is 4. The average molecular weight is 1140 g/mol. The Labute approximate surface area is 482 Å². The van der Waals surface area contributed by atoms with E-state index in [2.05, 4.69) is 68.3 Å². The molecular weight excluding hydrogens is 1050 g/mol. The fourth-order valence-corrected chi connectivity index (χ4v) is 10.5. The summed E-state index contributed by atoms with van der Waals surface area (Å²) in [5.74, 6) is 1.71. The Morgan fingerprint density at radius 2 is 1.49 bits per heavy atom. The number of hydrogen-bond donors (Lipinski definition) is 3. The number of nitrogens with zero attached hydrogens (tertiary/aromatic N) is 8. The fourth-order valence-electron chi connectivity index (χ4n) is 9.76. The van der Waals surface area contributed by atoms with Crippen LogP contribution >= 0.6 is 11.3 Å². The highest BCUT2D eigenvalue weighted by molar-refractivity contribution is 7.14. The third kappa shape index (κ3) is 22.1. The largest absolute Gasteiger partial charge is 0.494 e. The summed E-state index contributed by atoms with van der Waals surface area (Å²) in [5.41, 5.74) is 4.05. The molecule has 3 heterocycles. The number of carbonyl (C=O) groups is 4. The number of ether oxygens (including phenoxy) is 5. The summed E-state index contributed by atoms with van der Waals surface area (Å²) in [4.78, 5) is 65.5. The predicted octanol–water partition coefficient (Wildman–Crippen LogP) is 7.05. The number of amides is 5. The third-order valence-corrected chi connectivity index (χ3v) is 15.4. The van der Waals surface area contributed by atoms with Gasteiger partial charge in [0.05, 0.1) is 70.6 Å². The summed E-state index contributed by atoms with van der Waals surface area (Å²) in [6.07, 6.45) is 17.0. The van der Waals surface area contributed by atoms with E-state index in [1.165, 1.54) is 11.3 Å². The van der Waals surface area contributed by atoms with Gasteiger partial charge in [-0.15, -0.1) is 16.4 Å². The first-order valence-corrected chi connectivity index (χ1v) is 29.7. The van der Waals surface area contributed by atoms with Gasteiger partial charge in [-0.05, 0) is 119 Å². The zero-order valence-corrected chi connectivity index (χ0v) is 48.4.